The van der Waals surface area contributed by atoms with E-state index in [1.165, 1.54) is 0 Å². The third-order valence-corrected chi connectivity index (χ3v) is 3.83. The molecule has 3 aromatic rings. The van der Waals surface area contributed by atoms with Crippen LogP contribution in [0.2, 0.25) is 5.02 Å². The average molecular weight is 331 g/mol. The highest BCUT2D eigenvalue weighted by Crippen LogP contribution is 2.19. The summed E-state index contributed by atoms with van der Waals surface area (Å²) in [5.74, 6) is 1.67. The molecule has 0 saturated carbocycles. The zero-order chi connectivity index (χ0) is 16.1. The summed E-state index contributed by atoms with van der Waals surface area (Å²) in [6.45, 7) is 4.53. The maximum Gasteiger partial charge on any atom is 0.148 e. The van der Waals surface area contributed by atoms with Crippen molar-refractivity contribution in [3.8, 4) is 5.75 Å². The van der Waals surface area contributed by atoms with E-state index in [4.69, 9.17) is 21.1 Å². The van der Waals surface area contributed by atoms with Gasteiger partial charge in [-0.05, 0) is 43.3 Å². The first-order valence-electron chi connectivity index (χ1n) is 7.68. The van der Waals surface area contributed by atoms with E-state index < -0.39 is 0 Å². The predicted octanol–water partition coefficient (Wildman–Crippen LogP) is 4.31. The number of rotatable bonds is 7. The minimum absolute atomic E-state index is 0.405. The Labute approximate surface area is 140 Å². The summed E-state index contributed by atoms with van der Waals surface area (Å²) < 4.78 is 13.5. The van der Waals surface area contributed by atoms with E-state index >= 15 is 0 Å². The van der Waals surface area contributed by atoms with Crippen molar-refractivity contribution in [1.29, 1.82) is 0 Å². The van der Waals surface area contributed by atoms with Gasteiger partial charge in [-0.25, -0.2) is 4.98 Å². The lowest BCUT2D eigenvalue weighted by Crippen LogP contribution is -2.11. The van der Waals surface area contributed by atoms with Crippen LogP contribution >= 0.6 is 11.6 Å². The minimum atomic E-state index is 0.405. The third kappa shape index (κ3) is 3.84. The van der Waals surface area contributed by atoms with Crippen LogP contribution in [0.5, 0.6) is 5.75 Å². The fourth-order valence-corrected chi connectivity index (χ4v) is 2.59. The Bertz CT molecular complexity index is 768. The van der Waals surface area contributed by atoms with Crippen LogP contribution in [0, 0.1) is 0 Å². The largest absolute Gasteiger partial charge is 0.486 e. The fraction of sp³-hybridized carbons (Fsp3) is 0.278. The van der Waals surface area contributed by atoms with Crippen LogP contribution < -0.4 is 4.74 Å². The maximum atomic E-state index is 5.89. The molecule has 0 fully saturated rings. The number of aromatic nitrogens is 2. The Kier molecular flexibility index (Phi) is 5.16. The van der Waals surface area contributed by atoms with Gasteiger partial charge in [-0.15, -0.1) is 0 Å². The Morgan fingerprint density at radius 2 is 1.87 bits per heavy atom. The fourth-order valence-electron chi connectivity index (χ4n) is 2.46. The summed E-state index contributed by atoms with van der Waals surface area (Å²) >= 11 is 5.89. The average Bonchev–Trinajstić information content (AvgIpc) is 2.93. The molecule has 0 aliphatic heterocycles. The van der Waals surface area contributed by atoms with Gasteiger partial charge in [0.05, 0.1) is 17.6 Å². The molecule has 5 heteroatoms. The number of benzene rings is 2. The molecule has 1 heterocycles. The first kappa shape index (κ1) is 15.8. The molecule has 23 heavy (non-hydrogen) atoms. The van der Waals surface area contributed by atoms with Gasteiger partial charge in [-0.1, -0.05) is 23.7 Å². The van der Waals surface area contributed by atoms with Crippen molar-refractivity contribution in [2.75, 3.05) is 13.2 Å². The monoisotopic (exact) mass is 330 g/mol. The molecule has 0 radical (unpaired) electrons. The van der Waals surface area contributed by atoms with Gasteiger partial charge in [0.1, 0.15) is 18.2 Å². The SMILES string of the molecule is CCOCCn1c(COc2ccc(Cl)cc2)nc2ccccc21. The Morgan fingerprint density at radius 1 is 1.09 bits per heavy atom. The number of nitrogens with zero attached hydrogens (tertiary/aromatic N) is 2. The number of para-hydroxylation sites is 2. The summed E-state index contributed by atoms with van der Waals surface area (Å²) in [6.07, 6.45) is 0. The molecule has 0 amide bonds. The van der Waals surface area contributed by atoms with Gasteiger partial charge in [0.2, 0.25) is 0 Å². The number of imidazole rings is 1. The van der Waals surface area contributed by atoms with Crippen LogP contribution in [-0.4, -0.2) is 22.8 Å². The van der Waals surface area contributed by atoms with Crippen LogP contribution in [0.4, 0.5) is 0 Å². The number of ether oxygens (including phenoxy) is 2. The lowest BCUT2D eigenvalue weighted by molar-refractivity contribution is 0.138. The summed E-state index contributed by atoms with van der Waals surface area (Å²) in [6, 6.07) is 15.4. The Balaban J connectivity index is 1.80. The molecule has 0 atom stereocenters. The highest BCUT2D eigenvalue weighted by molar-refractivity contribution is 6.30. The van der Waals surface area contributed by atoms with E-state index in [1.54, 1.807) is 0 Å². The Hall–Kier alpha value is -2.04. The van der Waals surface area contributed by atoms with Crippen molar-refractivity contribution >= 4 is 22.6 Å². The van der Waals surface area contributed by atoms with Crippen molar-refractivity contribution in [3.63, 3.8) is 0 Å². The number of hydrogen-bond acceptors (Lipinski definition) is 3. The molecule has 0 aliphatic carbocycles. The van der Waals surface area contributed by atoms with Gasteiger partial charge in [0, 0.05) is 18.2 Å². The van der Waals surface area contributed by atoms with Crippen molar-refractivity contribution < 1.29 is 9.47 Å². The van der Waals surface area contributed by atoms with Gasteiger partial charge < -0.3 is 14.0 Å². The maximum absolute atomic E-state index is 5.89. The second kappa shape index (κ2) is 7.49. The van der Waals surface area contributed by atoms with Crippen molar-refractivity contribution in [3.05, 3.63) is 59.4 Å². The van der Waals surface area contributed by atoms with Gasteiger partial charge in [0.25, 0.3) is 0 Å². The van der Waals surface area contributed by atoms with E-state index in [1.807, 2.05) is 49.4 Å². The summed E-state index contributed by atoms with van der Waals surface area (Å²) in [4.78, 5) is 4.68. The predicted molar refractivity (Wildman–Crippen MR) is 92.0 cm³/mol. The van der Waals surface area contributed by atoms with Crippen molar-refractivity contribution in [1.82, 2.24) is 9.55 Å². The first-order chi connectivity index (χ1) is 11.3. The Morgan fingerprint density at radius 3 is 2.65 bits per heavy atom. The van der Waals surface area contributed by atoms with Gasteiger partial charge in [-0.3, -0.25) is 0 Å². The van der Waals surface area contributed by atoms with Crippen LogP contribution in [0.25, 0.3) is 11.0 Å². The zero-order valence-corrected chi connectivity index (χ0v) is 13.8. The van der Waals surface area contributed by atoms with Crippen LogP contribution in [0.1, 0.15) is 12.7 Å². The summed E-state index contributed by atoms with van der Waals surface area (Å²) in [5.41, 5.74) is 2.07. The molecule has 0 bridgehead atoms. The molecule has 0 spiro atoms. The highest BCUT2D eigenvalue weighted by atomic mass is 35.5. The van der Waals surface area contributed by atoms with E-state index in [9.17, 15) is 0 Å². The normalized spacial score (nSPS) is 11.0. The van der Waals surface area contributed by atoms with Gasteiger partial charge >= 0.3 is 0 Å². The molecule has 0 unspecified atom stereocenters. The second-order valence-corrected chi connectivity index (χ2v) is 5.54. The molecular formula is C18H19ClN2O2. The van der Waals surface area contributed by atoms with Crippen LogP contribution in [0.15, 0.2) is 48.5 Å². The number of fused-ring (bicyclic) bond motifs is 1. The molecule has 120 valence electrons. The van der Waals surface area contributed by atoms with Crippen LogP contribution in [0.3, 0.4) is 0 Å². The second-order valence-electron chi connectivity index (χ2n) is 5.11. The smallest absolute Gasteiger partial charge is 0.148 e. The molecule has 0 aliphatic rings. The molecule has 4 nitrogen and oxygen atoms in total. The quantitative estimate of drug-likeness (QED) is 0.606. The van der Waals surface area contributed by atoms with Crippen molar-refractivity contribution in [2.24, 2.45) is 0 Å². The molecule has 2 aromatic carbocycles. The molecule has 1 aromatic heterocycles. The highest BCUT2D eigenvalue weighted by Gasteiger charge is 2.11. The minimum Gasteiger partial charge on any atom is -0.486 e. The van der Waals surface area contributed by atoms with Crippen molar-refractivity contribution in [2.45, 2.75) is 20.1 Å². The topological polar surface area (TPSA) is 36.3 Å². The van der Waals surface area contributed by atoms with Crippen LogP contribution in [-0.2, 0) is 17.9 Å². The van der Waals surface area contributed by atoms with Gasteiger partial charge in [0.15, 0.2) is 0 Å². The zero-order valence-electron chi connectivity index (χ0n) is 13.0. The molecule has 0 N–H and O–H groups in total. The standard InChI is InChI=1S/C18H19ClN2O2/c1-2-22-12-11-21-17-6-4-3-5-16(17)20-18(21)13-23-15-9-7-14(19)8-10-15/h3-10H,2,11-13H2,1H3. The molecular weight excluding hydrogens is 312 g/mol. The summed E-state index contributed by atoms with van der Waals surface area (Å²) in [7, 11) is 0. The lowest BCUT2D eigenvalue weighted by Gasteiger charge is -2.10. The number of hydrogen-bond donors (Lipinski definition) is 0. The summed E-state index contributed by atoms with van der Waals surface area (Å²) in [5, 5.41) is 0.696. The first-order valence-corrected chi connectivity index (χ1v) is 8.06. The lowest BCUT2D eigenvalue weighted by atomic mass is 10.3. The van der Waals surface area contributed by atoms with E-state index in [-0.39, 0.29) is 0 Å². The van der Waals surface area contributed by atoms with E-state index in [0.29, 0.717) is 24.8 Å². The number of halogens is 1. The third-order valence-electron chi connectivity index (χ3n) is 3.58. The van der Waals surface area contributed by atoms with E-state index in [2.05, 4.69) is 15.6 Å². The van der Waals surface area contributed by atoms with Gasteiger partial charge in [-0.2, -0.15) is 0 Å². The molecule has 0 saturated heterocycles. The molecule has 3 rings (SSSR count). The van der Waals surface area contributed by atoms with E-state index in [0.717, 1.165) is 29.2 Å².